The number of carboxylic acids is 1. The SMILES string of the molecule is CCCCC/C=C/C/C=C/C/C=C/C/C=C/CCCC(=O)OCC(COCCC(C(=O)[O-])[N+](C)(C)C)OC(=O)CCCCCCCCCCCCCCCCCCCCCCC. The lowest BCUT2D eigenvalue weighted by Crippen LogP contribution is -2.55. The van der Waals surface area contributed by atoms with Crippen LogP contribution in [0.3, 0.4) is 0 Å². The Morgan fingerprint density at radius 2 is 0.871 bits per heavy atom. The zero-order chi connectivity index (χ0) is 45.6. The van der Waals surface area contributed by atoms with Gasteiger partial charge in [-0.05, 0) is 51.4 Å². The van der Waals surface area contributed by atoms with Crippen LogP contribution in [0.5, 0.6) is 0 Å². The Hall–Kier alpha value is -2.71. The van der Waals surface area contributed by atoms with E-state index in [0.717, 1.165) is 44.9 Å². The summed E-state index contributed by atoms with van der Waals surface area (Å²) >= 11 is 0. The van der Waals surface area contributed by atoms with Gasteiger partial charge in [-0.2, -0.15) is 0 Å². The molecule has 0 aromatic heterocycles. The van der Waals surface area contributed by atoms with Crippen molar-refractivity contribution < 1.29 is 38.2 Å². The predicted octanol–water partition coefficient (Wildman–Crippen LogP) is 13.4. The third-order valence-corrected chi connectivity index (χ3v) is 11.5. The fourth-order valence-corrected chi connectivity index (χ4v) is 7.48. The third-order valence-electron chi connectivity index (χ3n) is 11.5. The third kappa shape index (κ3) is 42.6. The van der Waals surface area contributed by atoms with E-state index in [1.54, 1.807) is 21.1 Å². The molecule has 0 aliphatic rings. The Balaban J connectivity index is 4.29. The number of ether oxygens (including phenoxy) is 3. The molecule has 0 aliphatic carbocycles. The minimum absolute atomic E-state index is 0.0253. The van der Waals surface area contributed by atoms with Gasteiger partial charge in [-0.25, -0.2) is 0 Å². The summed E-state index contributed by atoms with van der Waals surface area (Å²) in [7, 11) is 5.40. The van der Waals surface area contributed by atoms with Crippen molar-refractivity contribution in [2.75, 3.05) is 41.0 Å². The van der Waals surface area contributed by atoms with Crippen LogP contribution in [0.15, 0.2) is 48.6 Å². The molecule has 0 fully saturated rings. The average molecular weight is 872 g/mol. The van der Waals surface area contributed by atoms with Gasteiger partial charge in [0.1, 0.15) is 12.6 Å². The lowest BCUT2D eigenvalue weighted by molar-refractivity contribution is -0.889. The standard InChI is InChI=1S/C54H97NO7/c1-6-8-10-12-14-16-18-20-22-24-25-26-27-29-31-33-35-37-39-41-43-45-53(57)62-50(48-60-47-46-51(54(58)59)55(3,4)5)49-61-52(56)44-42-40-38-36-34-32-30-28-23-21-19-17-15-13-11-9-7-2/h15,17,21,23,30,32,36,38,50-51H,6-14,16,18-20,22,24-29,31,33-35,37,39-49H2,1-5H3/b17-15+,23-21+,32-30+,38-36+. The van der Waals surface area contributed by atoms with E-state index < -0.39 is 18.1 Å². The summed E-state index contributed by atoms with van der Waals surface area (Å²) in [5.74, 6) is -1.80. The minimum atomic E-state index is -1.13. The number of carboxylic acid groups (broad SMARTS) is 1. The Bertz CT molecular complexity index is 1150. The lowest BCUT2D eigenvalue weighted by atomic mass is 10.0. The fraction of sp³-hybridized carbons (Fsp3) is 0.796. The molecule has 0 aromatic carbocycles. The first-order chi connectivity index (χ1) is 30.1. The first-order valence-electron chi connectivity index (χ1n) is 25.7. The number of hydrogen-bond donors (Lipinski definition) is 0. The predicted molar refractivity (Wildman–Crippen MR) is 259 cm³/mol. The zero-order valence-electron chi connectivity index (χ0n) is 41.0. The second-order valence-corrected chi connectivity index (χ2v) is 18.4. The Morgan fingerprint density at radius 1 is 0.484 bits per heavy atom. The number of unbranched alkanes of at least 4 members (excludes halogenated alkanes) is 24. The summed E-state index contributed by atoms with van der Waals surface area (Å²) in [4.78, 5) is 37.0. The molecule has 0 N–H and O–H groups in total. The molecule has 0 rings (SSSR count). The van der Waals surface area contributed by atoms with Crippen LogP contribution >= 0.6 is 0 Å². The fourth-order valence-electron chi connectivity index (χ4n) is 7.48. The van der Waals surface area contributed by atoms with Gasteiger partial charge in [0, 0.05) is 19.3 Å². The molecular weight excluding hydrogens is 775 g/mol. The summed E-state index contributed by atoms with van der Waals surface area (Å²) < 4.78 is 17.2. The Kier molecular flexibility index (Phi) is 42.9. The molecule has 360 valence electrons. The van der Waals surface area contributed by atoms with Gasteiger partial charge in [0.25, 0.3) is 0 Å². The van der Waals surface area contributed by atoms with Crippen LogP contribution in [0.1, 0.15) is 226 Å². The second kappa shape index (κ2) is 44.9. The number of quaternary nitrogens is 1. The molecule has 8 nitrogen and oxygen atoms in total. The van der Waals surface area contributed by atoms with Crippen molar-refractivity contribution in [1.82, 2.24) is 0 Å². The number of likely N-dealkylation sites (N-methyl/N-ethyl adjacent to an activating group) is 1. The van der Waals surface area contributed by atoms with Crippen LogP contribution in [-0.4, -0.2) is 75.5 Å². The average Bonchev–Trinajstić information content (AvgIpc) is 3.23. The number of hydrogen-bond acceptors (Lipinski definition) is 7. The van der Waals surface area contributed by atoms with Gasteiger partial charge in [-0.3, -0.25) is 9.59 Å². The molecule has 8 heteroatoms. The molecule has 0 spiro atoms. The van der Waals surface area contributed by atoms with E-state index in [1.165, 1.54) is 141 Å². The van der Waals surface area contributed by atoms with Gasteiger partial charge in [-0.1, -0.05) is 204 Å². The highest BCUT2D eigenvalue weighted by Gasteiger charge is 2.25. The maximum Gasteiger partial charge on any atom is 0.306 e. The zero-order valence-corrected chi connectivity index (χ0v) is 41.0. The molecule has 0 amide bonds. The van der Waals surface area contributed by atoms with Crippen molar-refractivity contribution >= 4 is 17.9 Å². The van der Waals surface area contributed by atoms with Crippen LogP contribution in [0.4, 0.5) is 0 Å². The van der Waals surface area contributed by atoms with Crippen LogP contribution in [0.2, 0.25) is 0 Å². The van der Waals surface area contributed by atoms with Gasteiger partial charge in [-0.15, -0.1) is 0 Å². The van der Waals surface area contributed by atoms with Crippen molar-refractivity contribution in [3.05, 3.63) is 48.6 Å². The second-order valence-electron chi connectivity index (χ2n) is 18.4. The van der Waals surface area contributed by atoms with Crippen LogP contribution in [0, 0.1) is 0 Å². The van der Waals surface area contributed by atoms with E-state index in [9.17, 15) is 19.5 Å². The number of aliphatic carboxylic acids is 1. The van der Waals surface area contributed by atoms with Crippen molar-refractivity contribution in [3.63, 3.8) is 0 Å². The van der Waals surface area contributed by atoms with Crippen molar-refractivity contribution in [2.45, 2.75) is 238 Å². The van der Waals surface area contributed by atoms with Crippen molar-refractivity contribution in [1.29, 1.82) is 0 Å². The summed E-state index contributed by atoms with van der Waals surface area (Å²) in [6, 6.07) is -0.734. The van der Waals surface area contributed by atoms with Crippen molar-refractivity contribution in [2.24, 2.45) is 0 Å². The summed E-state index contributed by atoms with van der Waals surface area (Å²) in [6.45, 7) is 4.60. The van der Waals surface area contributed by atoms with E-state index in [1.807, 2.05) is 0 Å². The van der Waals surface area contributed by atoms with E-state index in [4.69, 9.17) is 14.2 Å². The van der Waals surface area contributed by atoms with Gasteiger partial charge < -0.3 is 28.6 Å². The molecule has 0 bridgehead atoms. The Labute approximate surface area is 382 Å². The highest BCUT2D eigenvalue weighted by Crippen LogP contribution is 2.16. The van der Waals surface area contributed by atoms with Crippen LogP contribution in [-0.2, 0) is 28.6 Å². The maximum absolute atomic E-state index is 12.8. The molecule has 62 heavy (non-hydrogen) atoms. The van der Waals surface area contributed by atoms with Gasteiger partial charge in [0.15, 0.2) is 6.10 Å². The van der Waals surface area contributed by atoms with E-state index in [0.29, 0.717) is 12.8 Å². The number of carbonyl (C=O) groups excluding carboxylic acids is 3. The molecule has 2 atom stereocenters. The highest BCUT2D eigenvalue weighted by molar-refractivity contribution is 5.70. The monoisotopic (exact) mass is 872 g/mol. The van der Waals surface area contributed by atoms with Crippen LogP contribution < -0.4 is 5.11 Å². The number of esters is 2. The summed E-state index contributed by atoms with van der Waals surface area (Å²) in [5.41, 5.74) is 0. The molecule has 0 aliphatic heterocycles. The molecule has 0 radical (unpaired) electrons. The normalized spacial score (nSPS) is 13.2. The number of allylic oxidation sites excluding steroid dienone is 8. The molecular formula is C54H97NO7. The quantitative estimate of drug-likeness (QED) is 0.0260. The molecule has 0 saturated heterocycles. The summed E-state index contributed by atoms with van der Waals surface area (Å²) in [5, 5.41) is 11.7. The Morgan fingerprint density at radius 3 is 1.31 bits per heavy atom. The highest BCUT2D eigenvalue weighted by atomic mass is 16.6. The maximum atomic E-state index is 12.8. The number of carbonyl (C=O) groups is 3. The molecule has 0 heterocycles. The van der Waals surface area contributed by atoms with Gasteiger partial charge in [0.2, 0.25) is 0 Å². The van der Waals surface area contributed by atoms with Gasteiger partial charge in [0.05, 0.1) is 40.3 Å². The minimum Gasteiger partial charge on any atom is -0.544 e. The van der Waals surface area contributed by atoms with E-state index in [-0.39, 0.29) is 49.1 Å². The number of rotatable bonds is 46. The van der Waals surface area contributed by atoms with Crippen LogP contribution in [0.25, 0.3) is 0 Å². The lowest BCUT2D eigenvalue weighted by Gasteiger charge is -2.34. The largest absolute Gasteiger partial charge is 0.544 e. The first-order valence-corrected chi connectivity index (χ1v) is 25.7. The first kappa shape index (κ1) is 59.3. The topological polar surface area (TPSA) is 102 Å². The summed E-state index contributed by atoms with van der Waals surface area (Å²) in [6.07, 6.45) is 54.4. The van der Waals surface area contributed by atoms with Crippen molar-refractivity contribution in [3.8, 4) is 0 Å². The smallest absolute Gasteiger partial charge is 0.306 e. The van der Waals surface area contributed by atoms with Gasteiger partial charge >= 0.3 is 11.9 Å². The van der Waals surface area contributed by atoms with E-state index >= 15 is 0 Å². The molecule has 0 aromatic rings. The number of nitrogens with zero attached hydrogens (tertiary/aromatic N) is 1. The molecule has 2 unspecified atom stereocenters. The van der Waals surface area contributed by atoms with E-state index in [2.05, 4.69) is 62.5 Å². The molecule has 0 saturated carbocycles.